The van der Waals surface area contributed by atoms with Crippen LogP contribution in [0.3, 0.4) is 0 Å². The van der Waals surface area contributed by atoms with Crippen molar-refractivity contribution in [3.63, 3.8) is 0 Å². The summed E-state index contributed by atoms with van der Waals surface area (Å²) in [7, 11) is 1.62. The Balaban J connectivity index is 1.90. The average molecular weight is 393 g/mol. The van der Waals surface area contributed by atoms with Gasteiger partial charge in [0.2, 0.25) is 5.91 Å². The number of nitrogens with one attached hydrogen (secondary N) is 1. The molecule has 0 aliphatic carbocycles. The summed E-state index contributed by atoms with van der Waals surface area (Å²) >= 11 is 0. The molecule has 0 spiro atoms. The van der Waals surface area contributed by atoms with Crippen molar-refractivity contribution in [2.45, 2.75) is 19.8 Å². The normalized spacial score (nSPS) is 10.8. The van der Waals surface area contributed by atoms with Gasteiger partial charge in [0.1, 0.15) is 5.82 Å². The maximum absolute atomic E-state index is 12.2. The van der Waals surface area contributed by atoms with E-state index in [1.54, 1.807) is 7.11 Å². The molecule has 29 heavy (non-hydrogen) atoms. The zero-order chi connectivity index (χ0) is 20.5. The van der Waals surface area contributed by atoms with Gasteiger partial charge >= 0.3 is 0 Å². The molecule has 1 N–H and O–H groups in total. The predicted octanol–water partition coefficient (Wildman–Crippen LogP) is 3.67. The Morgan fingerprint density at radius 2 is 1.79 bits per heavy atom. The summed E-state index contributed by atoms with van der Waals surface area (Å²) in [4.78, 5) is 24.0. The van der Waals surface area contributed by atoms with Gasteiger partial charge in [-0.05, 0) is 18.6 Å². The summed E-state index contributed by atoms with van der Waals surface area (Å²) < 4.78 is 4.99. The Kier molecular flexibility index (Phi) is 7.53. The zero-order valence-electron chi connectivity index (χ0n) is 17.1. The van der Waals surface area contributed by atoms with Crippen LogP contribution in [0.15, 0.2) is 54.6 Å². The number of hydrogen-bond donors (Lipinski definition) is 1. The highest BCUT2D eigenvalue weighted by Crippen LogP contribution is 2.27. The third-order valence-corrected chi connectivity index (χ3v) is 4.65. The number of nitrogens with zero attached hydrogens (tertiary/aromatic N) is 3. The van der Waals surface area contributed by atoms with Crippen molar-refractivity contribution in [2.75, 3.05) is 38.3 Å². The lowest BCUT2D eigenvalue weighted by molar-refractivity contribution is -0.121. The quantitative estimate of drug-likeness (QED) is 0.533. The molecule has 6 heteroatoms. The molecular formula is C23H28N4O2. The van der Waals surface area contributed by atoms with Crippen LogP contribution in [0.1, 0.15) is 19.8 Å². The largest absolute Gasteiger partial charge is 0.383 e. The van der Waals surface area contributed by atoms with E-state index in [0.717, 1.165) is 35.2 Å². The van der Waals surface area contributed by atoms with E-state index in [-0.39, 0.29) is 5.91 Å². The van der Waals surface area contributed by atoms with Crippen LogP contribution in [-0.4, -0.2) is 49.2 Å². The summed E-state index contributed by atoms with van der Waals surface area (Å²) in [5, 5.41) is 3.88. The molecule has 0 saturated carbocycles. The second kappa shape index (κ2) is 10.5. The smallest absolute Gasteiger partial charge is 0.221 e. The molecule has 0 radical (unpaired) electrons. The minimum atomic E-state index is 0.0183. The number of aromatic nitrogens is 2. The molecule has 1 amide bonds. The van der Waals surface area contributed by atoms with Gasteiger partial charge in [-0.25, -0.2) is 9.97 Å². The fraction of sp³-hybridized carbons (Fsp3) is 0.348. The van der Waals surface area contributed by atoms with Gasteiger partial charge in [-0.3, -0.25) is 4.79 Å². The summed E-state index contributed by atoms with van der Waals surface area (Å²) in [5.41, 5.74) is 1.88. The van der Waals surface area contributed by atoms with Crippen LogP contribution >= 0.6 is 0 Å². The molecule has 0 fully saturated rings. The van der Waals surface area contributed by atoms with Gasteiger partial charge in [-0.1, -0.05) is 49.4 Å². The Morgan fingerprint density at radius 1 is 1.03 bits per heavy atom. The maximum Gasteiger partial charge on any atom is 0.221 e. The van der Waals surface area contributed by atoms with E-state index in [1.165, 1.54) is 0 Å². The highest BCUT2D eigenvalue weighted by atomic mass is 16.5. The Labute approximate surface area is 171 Å². The van der Waals surface area contributed by atoms with Gasteiger partial charge in [0, 0.05) is 44.1 Å². The number of carbonyl (C=O) groups excluding carboxylic acids is 1. The van der Waals surface area contributed by atoms with Gasteiger partial charge in [0.25, 0.3) is 0 Å². The Hall–Kier alpha value is -2.99. The van der Waals surface area contributed by atoms with Crippen molar-refractivity contribution in [1.82, 2.24) is 15.3 Å². The van der Waals surface area contributed by atoms with Gasteiger partial charge in [-0.15, -0.1) is 0 Å². The van der Waals surface area contributed by atoms with E-state index >= 15 is 0 Å². The number of rotatable bonds is 10. The van der Waals surface area contributed by atoms with Crippen molar-refractivity contribution in [3.05, 3.63) is 54.6 Å². The molecule has 0 saturated heterocycles. The van der Waals surface area contributed by atoms with E-state index in [1.807, 2.05) is 54.6 Å². The summed E-state index contributed by atoms with van der Waals surface area (Å²) in [6.07, 6.45) is 1.37. The summed E-state index contributed by atoms with van der Waals surface area (Å²) in [6, 6.07) is 18.0. The molecule has 1 heterocycles. The zero-order valence-corrected chi connectivity index (χ0v) is 17.1. The van der Waals surface area contributed by atoms with E-state index in [0.29, 0.717) is 31.9 Å². The van der Waals surface area contributed by atoms with Crippen LogP contribution in [0.25, 0.3) is 22.3 Å². The molecule has 0 atom stereocenters. The first-order valence-corrected chi connectivity index (χ1v) is 10.1. The molecule has 0 unspecified atom stereocenters. The number of amides is 1. The number of para-hydroxylation sites is 1. The molecule has 6 nitrogen and oxygen atoms in total. The number of fused-ring (bicyclic) bond motifs is 1. The number of anilines is 1. The highest BCUT2D eigenvalue weighted by Gasteiger charge is 2.16. The minimum Gasteiger partial charge on any atom is -0.383 e. The van der Waals surface area contributed by atoms with Crippen molar-refractivity contribution in [1.29, 1.82) is 0 Å². The minimum absolute atomic E-state index is 0.0183. The van der Waals surface area contributed by atoms with E-state index < -0.39 is 0 Å². The third kappa shape index (κ3) is 5.51. The number of ether oxygens (including phenoxy) is 1. The van der Waals surface area contributed by atoms with Crippen molar-refractivity contribution >= 4 is 22.6 Å². The van der Waals surface area contributed by atoms with Crippen molar-refractivity contribution in [2.24, 2.45) is 0 Å². The average Bonchev–Trinajstić information content (AvgIpc) is 2.76. The second-order valence-corrected chi connectivity index (χ2v) is 6.83. The Bertz CT molecular complexity index is 931. The highest BCUT2D eigenvalue weighted by molar-refractivity contribution is 5.91. The molecule has 3 rings (SSSR count). The topological polar surface area (TPSA) is 67.4 Å². The SMILES string of the molecule is CCCN(CCC(=O)NCCOC)c1nc(-c2ccccc2)nc2ccccc12. The molecule has 2 aromatic carbocycles. The molecule has 152 valence electrons. The van der Waals surface area contributed by atoms with Crippen LogP contribution in [0.4, 0.5) is 5.82 Å². The lowest BCUT2D eigenvalue weighted by Crippen LogP contribution is -2.33. The van der Waals surface area contributed by atoms with Crippen LogP contribution in [0, 0.1) is 0 Å². The summed E-state index contributed by atoms with van der Waals surface area (Å²) in [5.74, 6) is 1.59. The van der Waals surface area contributed by atoms with Crippen LogP contribution in [0.2, 0.25) is 0 Å². The van der Waals surface area contributed by atoms with Crippen molar-refractivity contribution < 1.29 is 9.53 Å². The van der Waals surface area contributed by atoms with Crippen LogP contribution in [0.5, 0.6) is 0 Å². The predicted molar refractivity (Wildman–Crippen MR) is 117 cm³/mol. The fourth-order valence-corrected chi connectivity index (χ4v) is 3.23. The first kappa shape index (κ1) is 20.7. The Morgan fingerprint density at radius 3 is 2.55 bits per heavy atom. The first-order valence-electron chi connectivity index (χ1n) is 10.1. The number of carbonyl (C=O) groups is 1. The summed E-state index contributed by atoms with van der Waals surface area (Å²) in [6.45, 7) is 4.59. The van der Waals surface area contributed by atoms with Crippen molar-refractivity contribution in [3.8, 4) is 11.4 Å². The monoisotopic (exact) mass is 392 g/mol. The van der Waals surface area contributed by atoms with Gasteiger partial charge < -0.3 is 15.0 Å². The molecule has 3 aromatic rings. The standard InChI is InChI=1S/C23H28N4O2/c1-3-15-27(16-13-21(28)24-14-17-29-2)23-19-11-7-8-12-20(19)25-22(26-23)18-9-5-4-6-10-18/h4-12H,3,13-17H2,1-2H3,(H,24,28). The van der Waals surface area contributed by atoms with Gasteiger partial charge in [0.15, 0.2) is 5.82 Å². The molecule has 0 aliphatic heterocycles. The van der Waals surface area contributed by atoms with E-state index in [9.17, 15) is 4.79 Å². The number of benzene rings is 2. The number of hydrogen-bond acceptors (Lipinski definition) is 5. The lowest BCUT2D eigenvalue weighted by Gasteiger charge is -2.25. The number of methoxy groups -OCH3 is 1. The van der Waals surface area contributed by atoms with Gasteiger partial charge in [-0.2, -0.15) is 0 Å². The van der Waals surface area contributed by atoms with E-state index in [4.69, 9.17) is 14.7 Å². The van der Waals surface area contributed by atoms with Crippen LogP contribution in [-0.2, 0) is 9.53 Å². The second-order valence-electron chi connectivity index (χ2n) is 6.83. The molecule has 1 aromatic heterocycles. The van der Waals surface area contributed by atoms with E-state index in [2.05, 4.69) is 17.1 Å². The third-order valence-electron chi connectivity index (χ3n) is 4.65. The van der Waals surface area contributed by atoms with Gasteiger partial charge in [0.05, 0.1) is 12.1 Å². The lowest BCUT2D eigenvalue weighted by atomic mass is 10.1. The molecule has 0 bridgehead atoms. The first-order chi connectivity index (χ1) is 14.2. The fourth-order valence-electron chi connectivity index (χ4n) is 3.23. The van der Waals surface area contributed by atoms with Crippen LogP contribution < -0.4 is 10.2 Å². The maximum atomic E-state index is 12.2. The molecule has 0 aliphatic rings. The molecular weight excluding hydrogens is 364 g/mol.